The minimum atomic E-state index is -1.33. The number of carboxylic acid groups (broad SMARTS) is 1. The molecule has 0 spiro atoms. The molecule has 0 aliphatic rings. The molecular weight excluding hydrogens is 487 g/mol. The average molecular weight is 513 g/mol. The van der Waals surface area contributed by atoms with Gasteiger partial charge in [0.2, 0.25) is 0 Å². The highest BCUT2D eigenvalue weighted by Gasteiger charge is 2.17. The number of ether oxygens (including phenoxy) is 1. The zero-order chi connectivity index (χ0) is 26.6. The van der Waals surface area contributed by atoms with E-state index in [-0.39, 0.29) is 6.54 Å². The third-order valence-electron chi connectivity index (χ3n) is 5.87. The number of H-pyrrole nitrogens is 1. The summed E-state index contributed by atoms with van der Waals surface area (Å²) < 4.78 is 19.4. The number of imidazole rings is 1. The van der Waals surface area contributed by atoms with Crippen LogP contribution < -0.4 is 15.8 Å². The van der Waals surface area contributed by atoms with Crippen molar-refractivity contribution in [2.75, 3.05) is 18.5 Å². The van der Waals surface area contributed by atoms with Gasteiger partial charge in [-0.15, -0.1) is 0 Å². The van der Waals surface area contributed by atoms with Gasteiger partial charge in [0.05, 0.1) is 35.2 Å². The van der Waals surface area contributed by atoms with Gasteiger partial charge in [0.15, 0.2) is 0 Å². The van der Waals surface area contributed by atoms with Gasteiger partial charge in [-0.2, -0.15) is 0 Å². The fourth-order valence-electron chi connectivity index (χ4n) is 4.08. The van der Waals surface area contributed by atoms with Crippen LogP contribution in [0.3, 0.4) is 0 Å². The first-order chi connectivity index (χ1) is 18.4. The molecule has 10 heteroatoms. The Balaban J connectivity index is 1.51. The first-order valence-corrected chi connectivity index (χ1v) is 11.9. The lowest BCUT2D eigenvalue weighted by atomic mass is 10.1. The van der Waals surface area contributed by atoms with Crippen LogP contribution in [-0.4, -0.2) is 44.2 Å². The second-order valence-electron chi connectivity index (χ2n) is 8.64. The SMILES string of the molecule is Cc1cccc(-c2nc(CNc3ccc(F)c(C(=O)O)c3)[nH]c2-c2ccc3ncc(OCCN)cc3c2)n1. The van der Waals surface area contributed by atoms with E-state index in [1.54, 1.807) is 6.20 Å². The first kappa shape index (κ1) is 24.8. The molecule has 0 saturated heterocycles. The molecule has 0 bridgehead atoms. The Morgan fingerprint density at radius 1 is 1.13 bits per heavy atom. The standard InChI is InChI=1S/C28H25FN6O3/c1-16-3-2-4-24(33-16)27-26(17-5-8-23-18(11-17)12-20(14-32-23)38-10-9-30)34-25(35-27)15-31-19-6-7-22(29)21(13-19)28(36)37/h2-8,11-14,31H,9-10,15,30H2,1H3,(H,34,35)(H,36,37). The molecule has 38 heavy (non-hydrogen) atoms. The van der Waals surface area contributed by atoms with Gasteiger partial charge >= 0.3 is 5.97 Å². The minimum Gasteiger partial charge on any atom is -0.491 e. The van der Waals surface area contributed by atoms with Crippen LogP contribution >= 0.6 is 0 Å². The predicted molar refractivity (Wildman–Crippen MR) is 143 cm³/mol. The number of hydrogen-bond donors (Lipinski definition) is 4. The van der Waals surface area contributed by atoms with E-state index < -0.39 is 17.3 Å². The van der Waals surface area contributed by atoms with Crippen LogP contribution in [0.4, 0.5) is 10.1 Å². The molecule has 3 aromatic heterocycles. The lowest BCUT2D eigenvalue weighted by molar-refractivity contribution is 0.0692. The summed E-state index contributed by atoms with van der Waals surface area (Å²) in [5.41, 5.74) is 10.3. The van der Waals surface area contributed by atoms with Crippen molar-refractivity contribution in [3.8, 4) is 28.4 Å². The van der Waals surface area contributed by atoms with Gasteiger partial charge < -0.3 is 25.9 Å². The summed E-state index contributed by atoms with van der Waals surface area (Å²) in [4.78, 5) is 28.6. The molecule has 0 aliphatic heterocycles. The van der Waals surface area contributed by atoms with E-state index in [0.717, 1.165) is 33.9 Å². The third-order valence-corrected chi connectivity index (χ3v) is 5.87. The monoisotopic (exact) mass is 512 g/mol. The summed E-state index contributed by atoms with van der Waals surface area (Å²) in [6, 6.07) is 17.4. The number of pyridine rings is 2. The Morgan fingerprint density at radius 3 is 2.79 bits per heavy atom. The topological polar surface area (TPSA) is 139 Å². The van der Waals surface area contributed by atoms with Gasteiger partial charge in [0.1, 0.15) is 29.7 Å². The molecule has 0 atom stereocenters. The quantitative estimate of drug-likeness (QED) is 0.221. The summed E-state index contributed by atoms with van der Waals surface area (Å²) in [5.74, 6) is -0.895. The Kier molecular flexibility index (Phi) is 6.96. The second kappa shape index (κ2) is 10.7. The molecule has 0 aliphatic carbocycles. The second-order valence-corrected chi connectivity index (χ2v) is 8.64. The number of aromatic nitrogens is 4. The molecule has 0 unspecified atom stereocenters. The molecule has 5 rings (SSSR count). The maximum absolute atomic E-state index is 13.8. The fourth-order valence-corrected chi connectivity index (χ4v) is 4.08. The van der Waals surface area contributed by atoms with E-state index in [1.165, 1.54) is 12.1 Å². The summed E-state index contributed by atoms with van der Waals surface area (Å²) in [6.45, 7) is 2.97. The number of aromatic amines is 1. The van der Waals surface area contributed by atoms with Gasteiger partial charge in [-0.25, -0.2) is 14.2 Å². The molecule has 192 valence electrons. The largest absolute Gasteiger partial charge is 0.491 e. The Labute approximate surface area is 217 Å². The van der Waals surface area contributed by atoms with Crippen molar-refractivity contribution in [3.63, 3.8) is 0 Å². The molecule has 0 radical (unpaired) electrons. The molecule has 9 nitrogen and oxygen atoms in total. The zero-order valence-corrected chi connectivity index (χ0v) is 20.5. The van der Waals surface area contributed by atoms with Gasteiger partial charge in [0.25, 0.3) is 0 Å². The molecule has 0 fully saturated rings. The highest BCUT2D eigenvalue weighted by atomic mass is 19.1. The summed E-state index contributed by atoms with van der Waals surface area (Å²) in [6.07, 6.45) is 1.67. The number of rotatable bonds is 9. The van der Waals surface area contributed by atoms with Crippen LogP contribution in [0.25, 0.3) is 33.5 Å². The molecular formula is C28H25FN6O3. The van der Waals surface area contributed by atoms with Crippen LogP contribution in [-0.2, 0) is 6.54 Å². The van der Waals surface area contributed by atoms with E-state index in [1.807, 2.05) is 49.4 Å². The third kappa shape index (κ3) is 5.30. The first-order valence-electron chi connectivity index (χ1n) is 11.9. The molecule has 5 N–H and O–H groups in total. The summed E-state index contributed by atoms with van der Waals surface area (Å²) in [7, 11) is 0. The van der Waals surface area contributed by atoms with Crippen molar-refractivity contribution in [1.82, 2.24) is 19.9 Å². The Morgan fingerprint density at radius 2 is 2.00 bits per heavy atom. The number of nitrogens with two attached hydrogens (primary N) is 1. The van der Waals surface area contributed by atoms with Crippen molar-refractivity contribution in [3.05, 3.63) is 89.8 Å². The lowest BCUT2D eigenvalue weighted by Crippen LogP contribution is -2.10. The number of nitrogens with zero attached hydrogens (tertiary/aromatic N) is 3. The van der Waals surface area contributed by atoms with Crippen molar-refractivity contribution in [2.24, 2.45) is 5.73 Å². The van der Waals surface area contributed by atoms with Crippen LogP contribution in [0, 0.1) is 12.7 Å². The Bertz CT molecular complexity index is 1630. The summed E-state index contributed by atoms with van der Waals surface area (Å²) in [5, 5.41) is 13.2. The maximum atomic E-state index is 13.8. The van der Waals surface area contributed by atoms with Crippen molar-refractivity contribution >= 4 is 22.6 Å². The number of carbonyl (C=O) groups is 1. The highest BCUT2D eigenvalue weighted by Crippen LogP contribution is 2.32. The number of hydrogen-bond acceptors (Lipinski definition) is 7. The van der Waals surface area contributed by atoms with Gasteiger partial charge in [-0.3, -0.25) is 9.97 Å². The number of aryl methyl sites for hydroxylation is 1. The minimum absolute atomic E-state index is 0.246. The van der Waals surface area contributed by atoms with Gasteiger partial charge in [-0.05, 0) is 55.5 Å². The van der Waals surface area contributed by atoms with Gasteiger partial charge in [0, 0.05) is 28.9 Å². The predicted octanol–water partition coefficient (Wildman–Crippen LogP) is 4.78. The van der Waals surface area contributed by atoms with E-state index in [2.05, 4.69) is 20.3 Å². The van der Waals surface area contributed by atoms with E-state index >= 15 is 0 Å². The fraction of sp³-hybridized carbons (Fsp3) is 0.143. The number of carboxylic acids is 1. The van der Waals surface area contributed by atoms with Crippen LogP contribution in [0.5, 0.6) is 5.75 Å². The van der Waals surface area contributed by atoms with Crippen LogP contribution in [0.1, 0.15) is 21.9 Å². The molecule has 0 saturated carbocycles. The molecule has 2 aromatic carbocycles. The number of halogens is 1. The van der Waals surface area contributed by atoms with Gasteiger partial charge in [-0.1, -0.05) is 12.1 Å². The van der Waals surface area contributed by atoms with Crippen LogP contribution in [0.15, 0.2) is 66.9 Å². The summed E-state index contributed by atoms with van der Waals surface area (Å²) >= 11 is 0. The van der Waals surface area contributed by atoms with E-state index in [0.29, 0.717) is 41.8 Å². The number of anilines is 1. The van der Waals surface area contributed by atoms with E-state index in [4.69, 9.17) is 15.5 Å². The smallest absolute Gasteiger partial charge is 0.338 e. The van der Waals surface area contributed by atoms with Crippen LogP contribution in [0.2, 0.25) is 0 Å². The highest BCUT2D eigenvalue weighted by molar-refractivity contribution is 5.89. The van der Waals surface area contributed by atoms with E-state index in [9.17, 15) is 14.3 Å². The number of aromatic carboxylic acids is 1. The Hall–Kier alpha value is -4.83. The molecule has 3 heterocycles. The molecule has 5 aromatic rings. The van der Waals surface area contributed by atoms with Crippen molar-refractivity contribution in [2.45, 2.75) is 13.5 Å². The maximum Gasteiger partial charge on any atom is 0.338 e. The average Bonchev–Trinajstić information content (AvgIpc) is 3.35. The van der Waals surface area contributed by atoms with Crippen molar-refractivity contribution in [1.29, 1.82) is 0 Å². The lowest BCUT2D eigenvalue weighted by Gasteiger charge is -2.08. The number of benzene rings is 2. The normalized spacial score (nSPS) is 11.0. The van der Waals surface area contributed by atoms with Crippen molar-refractivity contribution < 1.29 is 19.0 Å². The number of nitrogens with one attached hydrogen (secondary N) is 2. The number of fused-ring (bicyclic) bond motifs is 1. The zero-order valence-electron chi connectivity index (χ0n) is 20.5. The molecule has 0 amide bonds.